The number of hydrogen-bond acceptors (Lipinski definition) is 1. The highest BCUT2D eigenvalue weighted by molar-refractivity contribution is 7.00. The van der Waals surface area contributed by atoms with Crippen LogP contribution in [0.5, 0.6) is 0 Å². The van der Waals surface area contributed by atoms with E-state index in [2.05, 4.69) is 77.5 Å². The molecular formula is C37H22BF3N2. The number of para-hydroxylation sites is 3. The van der Waals surface area contributed by atoms with Crippen LogP contribution < -0.4 is 21.7 Å². The third-order valence-corrected chi connectivity index (χ3v) is 9.12. The van der Waals surface area contributed by atoms with Crippen molar-refractivity contribution in [3.05, 3.63) is 132 Å². The molecule has 0 amide bonds. The summed E-state index contributed by atoms with van der Waals surface area (Å²) >= 11 is 0. The van der Waals surface area contributed by atoms with E-state index in [4.69, 9.17) is 0 Å². The van der Waals surface area contributed by atoms with Crippen molar-refractivity contribution >= 4 is 56.3 Å². The van der Waals surface area contributed by atoms with Gasteiger partial charge in [-0.05, 0) is 58.2 Å². The van der Waals surface area contributed by atoms with Crippen molar-refractivity contribution in [1.29, 1.82) is 0 Å². The van der Waals surface area contributed by atoms with Crippen LogP contribution >= 0.6 is 0 Å². The molecule has 0 radical (unpaired) electrons. The third kappa shape index (κ3) is 3.26. The molecule has 2 aliphatic rings. The van der Waals surface area contributed by atoms with Crippen LogP contribution in [0.25, 0.3) is 49.7 Å². The second-order valence-electron chi connectivity index (χ2n) is 11.4. The van der Waals surface area contributed by atoms with Crippen LogP contribution in [0.4, 0.5) is 24.5 Å². The second-order valence-corrected chi connectivity index (χ2v) is 11.4. The number of hydrogen-bond donors (Lipinski definition) is 1. The Morgan fingerprint density at radius 3 is 2.21 bits per heavy atom. The summed E-state index contributed by atoms with van der Waals surface area (Å²) in [5.41, 5.74) is 11.5. The Labute approximate surface area is 246 Å². The first-order valence-corrected chi connectivity index (χ1v) is 14.3. The van der Waals surface area contributed by atoms with Gasteiger partial charge in [0.05, 0.1) is 11.1 Å². The van der Waals surface area contributed by atoms with Crippen molar-refractivity contribution in [3.8, 4) is 27.9 Å². The summed E-state index contributed by atoms with van der Waals surface area (Å²) in [4.78, 5) is 0. The molecule has 0 saturated heterocycles. The number of aryl methyl sites for hydroxylation is 1. The van der Waals surface area contributed by atoms with Crippen molar-refractivity contribution in [2.45, 2.75) is 6.92 Å². The monoisotopic (exact) mass is 562 g/mol. The summed E-state index contributed by atoms with van der Waals surface area (Å²) in [6.45, 7) is 1.99. The van der Waals surface area contributed by atoms with E-state index in [0.29, 0.717) is 5.56 Å². The quantitative estimate of drug-likeness (QED) is 0.214. The average Bonchev–Trinajstić information content (AvgIpc) is 3.34. The molecule has 1 N–H and O–H groups in total. The van der Waals surface area contributed by atoms with E-state index >= 15 is 8.78 Å². The fourth-order valence-corrected chi connectivity index (χ4v) is 7.38. The fraction of sp³-hybridized carbons (Fsp3) is 0.0270. The highest BCUT2D eigenvalue weighted by Gasteiger charge is 2.40. The maximum atomic E-state index is 15.3. The zero-order chi connectivity index (χ0) is 29.0. The molecule has 7 aromatic rings. The topological polar surface area (TPSA) is 17.0 Å². The van der Waals surface area contributed by atoms with E-state index in [0.717, 1.165) is 78.6 Å². The molecule has 2 aliphatic heterocycles. The minimum absolute atomic E-state index is 0.109. The molecule has 6 aromatic carbocycles. The summed E-state index contributed by atoms with van der Waals surface area (Å²) in [5, 5.41) is 5.94. The normalized spacial score (nSPS) is 12.8. The molecule has 0 unspecified atom stereocenters. The van der Waals surface area contributed by atoms with Crippen LogP contribution in [-0.2, 0) is 0 Å². The van der Waals surface area contributed by atoms with Gasteiger partial charge in [-0.1, -0.05) is 78.9 Å². The van der Waals surface area contributed by atoms with E-state index in [1.165, 1.54) is 5.46 Å². The summed E-state index contributed by atoms with van der Waals surface area (Å²) < 4.78 is 46.7. The number of fused-ring (bicyclic) bond motifs is 7. The van der Waals surface area contributed by atoms with Gasteiger partial charge in [-0.3, -0.25) is 0 Å². The molecule has 204 valence electrons. The number of rotatable bonds is 2. The predicted molar refractivity (Wildman–Crippen MR) is 171 cm³/mol. The summed E-state index contributed by atoms with van der Waals surface area (Å²) in [5.74, 6) is -2.81. The number of aromatic nitrogens is 1. The average molecular weight is 562 g/mol. The molecule has 9 rings (SSSR count). The van der Waals surface area contributed by atoms with Gasteiger partial charge in [-0.15, -0.1) is 0 Å². The van der Waals surface area contributed by atoms with E-state index < -0.39 is 17.5 Å². The van der Waals surface area contributed by atoms with Gasteiger partial charge >= 0.3 is 0 Å². The Kier molecular flexibility index (Phi) is 4.90. The van der Waals surface area contributed by atoms with E-state index in [-0.39, 0.29) is 12.3 Å². The lowest BCUT2D eigenvalue weighted by atomic mass is 9.34. The molecule has 0 spiro atoms. The fourth-order valence-electron chi connectivity index (χ4n) is 7.38. The molecule has 6 heteroatoms. The molecule has 0 bridgehead atoms. The Bertz CT molecular complexity index is 2320. The Balaban J connectivity index is 1.44. The first-order valence-electron chi connectivity index (χ1n) is 14.3. The van der Waals surface area contributed by atoms with Gasteiger partial charge in [0.15, 0.2) is 0 Å². The SMILES string of the molecule is Cc1ccccc1-c1cccc2c1Nc1cc(-c3c(F)cc(F)cc3F)cc3c1B2c1cccc2c4ccccc4n-3c12. The molecule has 0 aliphatic carbocycles. The zero-order valence-corrected chi connectivity index (χ0v) is 23.1. The first-order chi connectivity index (χ1) is 21.0. The van der Waals surface area contributed by atoms with Gasteiger partial charge in [0, 0.05) is 51.0 Å². The summed E-state index contributed by atoms with van der Waals surface area (Å²) in [6, 6.07) is 34.5. The predicted octanol–water partition coefficient (Wildman–Crippen LogP) is 7.73. The van der Waals surface area contributed by atoms with E-state index in [1.54, 1.807) is 6.07 Å². The maximum absolute atomic E-state index is 15.3. The molecule has 0 atom stereocenters. The number of halogens is 3. The van der Waals surface area contributed by atoms with Gasteiger partial charge < -0.3 is 9.88 Å². The molecule has 2 nitrogen and oxygen atoms in total. The van der Waals surface area contributed by atoms with Crippen molar-refractivity contribution in [2.24, 2.45) is 0 Å². The Morgan fingerprint density at radius 2 is 1.37 bits per heavy atom. The zero-order valence-electron chi connectivity index (χ0n) is 23.1. The Morgan fingerprint density at radius 1 is 0.674 bits per heavy atom. The van der Waals surface area contributed by atoms with Gasteiger partial charge in [-0.25, -0.2) is 13.2 Å². The number of nitrogens with one attached hydrogen (secondary N) is 1. The highest BCUT2D eigenvalue weighted by Crippen LogP contribution is 2.41. The lowest BCUT2D eigenvalue weighted by Gasteiger charge is -2.35. The van der Waals surface area contributed by atoms with Gasteiger partial charge in [0.25, 0.3) is 6.71 Å². The molecule has 0 saturated carbocycles. The molecule has 0 fully saturated rings. The van der Waals surface area contributed by atoms with Crippen molar-refractivity contribution in [1.82, 2.24) is 4.57 Å². The highest BCUT2D eigenvalue weighted by atomic mass is 19.1. The molecule has 1 aromatic heterocycles. The molecule has 43 heavy (non-hydrogen) atoms. The lowest BCUT2D eigenvalue weighted by Crippen LogP contribution is -2.59. The van der Waals surface area contributed by atoms with Crippen molar-refractivity contribution in [2.75, 3.05) is 5.32 Å². The first kappa shape index (κ1) is 24.4. The van der Waals surface area contributed by atoms with Gasteiger partial charge in [0.1, 0.15) is 17.5 Å². The number of benzene rings is 6. The van der Waals surface area contributed by atoms with Gasteiger partial charge in [-0.2, -0.15) is 0 Å². The molecule has 3 heterocycles. The van der Waals surface area contributed by atoms with Crippen LogP contribution in [-0.4, -0.2) is 11.3 Å². The lowest BCUT2D eigenvalue weighted by molar-refractivity contribution is 0.548. The van der Waals surface area contributed by atoms with E-state index in [1.807, 2.05) is 30.3 Å². The smallest absolute Gasteiger partial charge is 0.252 e. The van der Waals surface area contributed by atoms with Crippen LogP contribution in [0.2, 0.25) is 0 Å². The second kappa shape index (κ2) is 8.65. The van der Waals surface area contributed by atoms with Gasteiger partial charge in [0.2, 0.25) is 0 Å². The van der Waals surface area contributed by atoms with Crippen molar-refractivity contribution in [3.63, 3.8) is 0 Å². The Hall–Kier alpha value is -5.23. The maximum Gasteiger partial charge on any atom is 0.252 e. The van der Waals surface area contributed by atoms with Crippen LogP contribution in [0.3, 0.4) is 0 Å². The minimum Gasteiger partial charge on any atom is -0.356 e. The third-order valence-electron chi connectivity index (χ3n) is 9.12. The van der Waals surface area contributed by atoms with Crippen LogP contribution in [0, 0.1) is 24.4 Å². The molecular weight excluding hydrogens is 540 g/mol. The largest absolute Gasteiger partial charge is 0.356 e. The summed E-state index contributed by atoms with van der Waals surface area (Å²) in [7, 11) is 0. The standard InChI is InChI=1S/C37H22BF3N2/c1-20-8-2-3-9-23(20)25-11-6-13-27-36(25)42-31-16-21(34-29(40)18-22(39)19-30(34)41)17-33-35(31)38(27)28-14-7-12-26-24-10-4-5-15-32(24)43(33)37(26)28/h2-19,42H,1H3. The van der Waals surface area contributed by atoms with Crippen LogP contribution in [0.1, 0.15) is 5.56 Å². The minimum atomic E-state index is -0.944. The van der Waals surface area contributed by atoms with E-state index in [9.17, 15) is 4.39 Å². The summed E-state index contributed by atoms with van der Waals surface area (Å²) in [6.07, 6.45) is 0. The number of anilines is 2. The van der Waals surface area contributed by atoms with Crippen LogP contribution in [0.15, 0.2) is 109 Å². The van der Waals surface area contributed by atoms with Crippen molar-refractivity contribution < 1.29 is 13.2 Å². The number of nitrogens with zero attached hydrogens (tertiary/aromatic N) is 1.